The van der Waals surface area contributed by atoms with Crippen molar-refractivity contribution >= 4 is 12.1 Å². The predicted molar refractivity (Wildman–Crippen MR) is 25.2 cm³/mol. The van der Waals surface area contributed by atoms with Crippen LogP contribution in [0.3, 0.4) is 0 Å². The van der Waals surface area contributed by atoms with Gasteiger partial charge in [0, 0.05) is 0 Å². The fourth-order valence-corrected chi connectivity index (χ4v) is 0.406. The van der Waals surface area contributed by atoms with Crippen LogP contribution < -0.4 is 0 Å². The molecule has 0 bridgehead atoms. The van der Waals surface area contributed by atoms with Crippen LogP contribution in [-0.4, -0.2) is 18.2 Å². The molecule has 1 heterocycles. The Kier molecular flexibility index (Phi) is 1.12. The van der Waals surface area contributed by atoms with Crippen LogP contribution in [0.1, 0.15) is 0 Å². The van der Waals surface area contributed by atoms with Crippen molar-refractivity contribution in [3.63, 3.8) is 0 Å². The molecule has 1 saturated heterocycles. The Morgan fingerprint density at radius 3 is 2.44 bits per heavy atom. The van der Waals surface area contributed by atoms with Crippen LogP contribution in [0.2, 0.25) is 0 Å². The Morgan fingerprint density at radius 1 is 1.56 bits per heavy atom. The van der Waals surface area contributed by atoms with Gasteiger partial charge in [-0.15, -0.1) is 6.42 Å². The van der Waals surface area contributed by atoms with Gasteiger partial charge in [0.15, 0.2) is 0 Å². The number of hydrogen-bond acceptors (Lipinski definition) is 4. The maximum Gasteiger partial charge on any atom is 0.518 e. The first kappa shape index (κ1) is 5.63. The van der Waals surface area contributed by atoms with Crippen LogP contribution in [0.4, 0.5) is 4.79 Å². The van der Waals surface area contributed by atoms with E-state index in [-0.39, 0.29) is 0 Å². The Hall–Kier alpha value is -1.50. The third-order valence-corrected chi connectivity index (χ3v) is 0.763. The van der Waals surface area contributed by atoms with Crippen molar-refractivity contribution in [1.82, 2.24) is 0 Å². The van der Waals surface area contributed by atoms with Gasteiger partial charge in [-0.3, -0.25) is 0 Å². The molecule has 4 heteroatoms. The van der Waals surface area contributed by atoms with E-state index in [2.05, 4.69) is 9.47 Å². The summed E-state index contributed by atoms with van der Waals surface area (Å²) in [5.74, 6) is 1.11. The van der Waals surface area contributed by atoms with Crippen LogP contribution in [-0.2, 0) is 14.3 Å². The van der Waals surface area contributed by atoms with Crippen molar-refractivity contribution in [2.75, 3.05) is 0 Å². The Balaban J connectivity index is 2.72. The SMILES string of the molecule is C#CC1OC(=O)OC1=O. The monoisotopic (exact) mass is 126 g/mol. The Bertz CT molecular complexity index is 199. The number of carbonyl (C=O) groups is 2. The second kappa shape index (κ2) is 1.78. The van der Waals surface area contributed by atoms with E-state index in [9.17, 15) is 9.59 Å². The number of carbonyl (C=O) groups excluding carboxylic acids is 2. The number of hydrogen-bond donors (Lipinski definition) is 0. The molecular weight excluding hydrogens is 124 g/mol. The van der Waals surface area contributed by atoms with Crippen molar-refractivity contribution in [3.05, 3.63) is 0 Å². The van der Waals surface area contributed by atoms with Crippen LogP contribution in [0.5, 0.6) is 0 Å². The molecule has 0 radical (unpaired) electrons. The maximum absolute atomic E-state index is 10.3. The van der Waals surface area contributed by atoms with Gasteiger partial charge in [-0.1, -0.05) is 5.92 Å². The maximum atomic E-state index is 10.3. The topological polar surface area (TPSA) is 52.6 Å². The highest BCUT2D eigenvalue weighted by molar-refractivity contribution is 5.92. The predicted octanol–water partition coefficient (Wildman–Crippen LogP) is -0.318. The third kappa shape index (κ3) is 0.842. The highest BCUT2D eigenvalue weighted by atomic mass is 16.8. The number of cyclic esters (lactones) is 3. The first-order chi connectivity index (χ1) is 4.24. The largest absolute Gasteiger partial charge is 0.518 e. The molecule has 46 valence electrons. The summed E-state index contributed by atoms with van der Waals surface area (Å²) in [6, 6.07) is 0. The molecule has 0 N–H and O–H groups in total. The normalized spacial score (nSPS) is 24.6. The molecule has 4 nitrogen and oxygen atoms in total. The lowest BCUT2D eigenvalue weighted by Crippen LogP contribution is -2.12. The molecule has 1 aliphatic heterocycles. The first-order valence-corrected chi connectivity index (χ1v) is 2.12. The molecular formula is C5H2O4. The molecule has 1 fully saturated rings. The van der Waals surface area contributed by atoms with Gasteiger partial charge in [0.05, 0.1) is 0 Å². The van der Waals surface area contributed by atoms with E-state index in [1.807, 2.05) is 5.92 Å². The summed E-state index contributed by atoms with van der Waals surface area (Å²) in [4.78, 5) is 20.4. The Morgan fingerprint density at radius 2 is 2.22 bits per heavy atom. The quantitative estimate of drug-likeness (QED) is 0.253. The number of ether oxygens (including phenoxy) is 2. The standard InChI is InChI=1S/C5H2O4/c1-2-3-4(6)9-5(7)8-3/h1,3H. The van der Waals surface area contributed by atoms with Gasteiger partial charge >= 0.3 is 12.1 Å². The molecule has 0 aromatic rings. The number of rotatable bonds is 0. The van der Waals surface area contributed by atoms with Gasteiger partial charge in [-0.2, -0.15) is 0 Å². The highest BCUT2D eigenvalue weighted by Crippen LogP contribution is 2.05. The van der Waals surface area contributed by atoms with Crippen molar-refractivity contribution in [2.24, 2.45) is 0 Å². The van der Waals surface area contributed by atoms with E-state index < -0.39 is 18.2 Å². The number of esters is 1. The minimum atomic E-state index is -1.14. The molecule has 0 aromatic carbocycles. The molecule has 0 amide bonds. The molecule has 1 aliphatic rings. The zero-order valence-corrected chi connectivity index (χ0v) is 4.29. The minimum absolute atomic E-state index is 0.817. The second-order valence-electron chi connectivity index (χ2n) is 1.34. The van der Waals surface area contributed by atoms with Crippen molar-refractivity contribution in [2.45, 2.75) is 6.10 Å². The van der Waals surface area contributed by atoms with E-state index in [0.29, 0.717) is 0 Å². The van der Waals surface area contributed by atoms with E-state index >= 15 is 0 Å². The average molecular weight is 126 g/mol. The lowest BCUT2D eigenvalue weighted by Gasteiger charge is -1.87. The van der Waals surface area contributed by atoms with Crippen molar-refractivity contribution in [1.29, 1.82) is 0 Å². The summed E-state index contributed by atoms with van der Waals surface area (Å²) >= 11 is 0. The van der Waals surface area contributed by atoms with Crippen LogP contribution in [0, 0.1) is 12.3 Å². The van der Waals surface area contributed by atoms with E-state index in [0.717, 1.165) is 0 Å². The van der Waals surface area contributed by atoms with Gasteiger partial charge in [0.25, 0.3) is 6.10 Å². The van der Waals surface area contributed by atoms with Gasteiger partial charge in [0.1, 0.15) is 0 Å². The summed E-state index contributed by atoms with van der Waals surface area (Å²) in [5.41, 5.74) is 0. The molecule has 0 saturated carbocycles. The summed E-state index contributed by atoms with van der Waals surface area (Å²) in [6.07, 6.45) is 2.59. The van der Waals surface area contributed by atoms with Gasteiger partial charge in [0.2, 0.25) is 0 Å². The summed E-state index contributed by atoms with van der Waals surface area (Å²) in [7, 11) is 0. The Labute approximate surface area is 50.7 Å². The van der Waals surface area contributed by atoms with Crippen molar-refractivity contribution < 1.29 is 19.1 Å². The first-order valence-electron chi connectivity index (χ1n) is 2.12. The fraction of sp³-hybridized carbons (Fsp3) is 0.200. The molecule has 9 heavy (non-hydrogen) atoms. The van der Waals surface area contributed by atoms with Crippen molar-refractivity contribution in [3.8, 4) is 12.3 Å². The molecule has 0 spiro atoms. The molecule has 1 atom stereocenters. The zero-order valence-electron chi connectivity index (χ0n) is 4.29. The van der Waals surface area contributed by atoms with Crippen LogP contribution in [0.15, 0.2) is 0 Å². The molecule has 0 aliphatic carbocycles. The second-order valence-corrected chi connectivity index (χ2v) is 1.34. The van der Waals surface area contributed by atoms with E-state index in [1.54, 1.807) is 0 Å². The average Bonchev–Trinajstić information content (AvgIpc) is 2.10. The molecule has 0 aromatic heterocycles. The molecule has 1 unspecified atom stereocenters. The lowest BCUT2D eigenvalue weighted by molar-refractivity contribution is -0.135. The lowest BCUT2D eigenvalue weighted by atomic mass is 10.4. The third-order valence-electron chi connectivity index (χ3n) is 0.763. The number of terminal acetylenes is 1. The van der Waals surface area contributed by atoms with Gasteiger partial charge in [-0.25, -0.2) is 9.59 Å². The minimum Gasteiger partial charge on any atom is -0.405 e. The zero-order chi connectivity index (χ0) is 6.85. The summed E-state index contributed by atoms with van der Waals surface area (Å²) < 4.78 is 8.10. The molecule has 1 rings (SSSR count). The van der Waals surface area contributed by atoms with Gasteiger partial charge < -0.3 is 9.47 Å². The highest BCUT2D eigenvalue weighted by Gasteiger charge is 2.33. The van der Waals surface area contributed by atoms with Crippen LogP contribution >= 0.6 is 0 Å². The fourth-order valence-electron chi connectivity index (χ4n) is 0.406. The van der Waals surface area contributed by atoms with E-state index in [1.165, 1.54) is 0 Å². The summed E-state index contributed by atoms with van der Waals surface area (Å²) in [5, 5.41) is 0. The van der Waals surface area contributed by atoms with Gasteiger partial charge in [-0.05, 0) is 0 Å². The summed E-state index contributed by atoms with van der Waals surface area (Å²) in [6.45, 7) is 0. The van der Waals surface area contributed by atoms with E-state index in [4.69, 9.17) is 6.42 Å². The smallest absolute Gasteiger partial charge is 0.405 e. The van der Waals surface area contributed by atoms with Crippen LogP contribution in [0.25, 0.3) is 0 Å².